The third-order valence-corrected chi connectivity index (χ3v) is 2.27. The Morgan fingerprint density at radius 2 is 2.00 bits per heavy atom. The monoisotopic (exact) mass is 224 g/mol. The molecule has 0 aromatic heterocycles. The first-order valence-electron chi connectivity index (χ1n) is 3.46. The summed E-state index contributed by atoms with van der Waals surface area (Å²) in [6.45, 7) is 0. The van der Waals surface area contributed by atoms with Crippen LogP contribution in [0.15, 0.2) is 28.2 Å². The van der Waals surface area contributed by atoms with Crippen LogP contribution in [0.1, 0.15) is 5.56 Å². The van der Waals surface area contributed by atoms with Crippen LogP contribution in [0.25, 0.3) is 0 Å². The Morgan fingerprint density at radius 1 is 1.25 bits per heavy atom. The molecule has 4 heteroatoms. The van der Waals surface area contributed by atoms with Gasteiger partial charge >= 0.3 is 6.03 Å². The highest BCUT2D eigenvalue weighted by Gasteiger charge is 2.03. The lowest BCUT2D eigenvalue weighted by molar-refractivity contribution is 0.256. The van der Waals surface area contributed by atoms with E-state index in [4.69, 9.17) is 0 Å². The molecule has 0 atom stereocenters. The van der Waals surface area contributed by atoms with E-state index in [0.29, 0.717) is 10.7 Å². The number of alkyl halides is 1. The van der Waals surface area contributed by atoms with Gasteiger partial charge in [0, 0.05) is 5.33 Å². The highest BCUT2D eigenvalue weighted by molar-refractivity contribution is 9.08. The molecule has 12 heavy (non-hydrogen) atoms. The summed E-state index contributed by atoms with van der Waals surface area (Å²) in [7, 11) is 0. The third kappa shape index (κ3) is 1.18. The van der Waals surface area contributed by atoms with Gasteiger partial charge in [-0.1, -0.05) is 22.0 Å². The van der Waals surface area contributed by atoms with Gasteiger partial charge in [0.25, 0.3) is 0 Å². The number of nitrogens with zero attached hydrogens (tertiary/aromatic N) is 2. The summed E-state index contributed by atoms with van der Waals surface area (Å²) in [4.78, 5) is 18.2. The molecule has 1 aliphatic heterocycles. The molecule has 0 bridgehead atoms. The van der Waals surface area contributed by atoms with Gasteiger partial charge in [-0.25, -0.2) is 4.79 Å². The van der Waals surface area contributed by atoms with Gasteiger partial charge in [-0.05, 0) is 17.7 Å². The number of hydrogen-bond donors (Lipinski definition) is 0. The van der Waals surface area contributed by atoms with Crippen LogP contribution in [0.3, 0.4) is 0 Å². The number of amides is 2. The van der Waals surface area contributed by atoms with Crippen molar-refractivity contribution >= 4 is 22.0 Å². The Morgan fingerprint density at radius 3 is 2.75 bits per heavy atom. The Balaban J connectivity index is 2.72. The zero-order valence-corrected chi connectivity index (χ0v) is 7.71. The van der Waals surface area contributed by atoms with E-state index in [1.165, 1.54) is 0 Å². The van der Waals surface area contributed by atoms with Crippen LogP contribution in [-0.4, -0.2) is 6.03 Å². The molecular weight excluding hydrogens is 220 g/mol. The maximum Gasteiger partial charge on any atom is 0.368 e. The first kappa shape index (κ1) is 7.61. The van der Waals surface area contributed by atoms with Crippen molar-refractivity contribution < 1.29 is 4.79 Å². The summed E-state index contributed by atoms with van der Waals surface area (Å²) in [6.07, 6.45) is 0. The fourth-order valence-corrected chi connectivity index (χ4v) is 1.42. The number of carbonyl (C=O) groups excluding carboxylic acids is 1. The summed E-state index contributed by atoms with van der Waals surface area (Å²) in [5.74, 6) is 0. The second-order valence-corrected chi connectivity index (χ2v) is 3.02. The molecule has 0 N–H and O–H groups in total. The molecule has 0 spiro atoms. The van der Waals surface area contributed by atoms with Crippen molar-refractivity contribution in [2.24, 2.45) is 9.98 Å². The quantitative estimate of drug-likeness (QED) is 0.656. The van der Waals surface area contributed by atoms with Crippen LogP contribution in [0, 0.1) is 0 Å². The first-order valence-corrected chi connectivity index (χ1v) is 4.58. The van der Waals surface area contributed by atoms with E-state index >= 15 is 0 Å². The van der Waals surface area contributed by atoms with Crippen LogP contribution < -0.4 is 10.7 Å². The molecule has 1 aliphatic rings. The standard InChI is InChI=1S/C8H5BrN2O/c9-4-5-1-2-6-7(3-5)11-8(12)10-6/h1-3H,4H2. The van der Waals surface area contributed by atoms with E-state index in [1.807, 2.05) is 12.1 Å². The Hall–Kier alpha value is -1.03. The van der Waals surface area contributed by atoms with Crippen molar-refractivity contribution in [1.29, 1.82) is 0 Å². The average Bonchev–Trinajstić information content (AvgIpc) is 2.43. The van der Waals surface area contributed by atoms with Crippen molar-refractivity contribution in [2.45, 2.75) is 5.33 Å². The summed E-state index contributed by atoms with van der Waals surface area (Å²) in [5, 5.41) is 2.12. The number of halogens is 1. The average molecular weight is 225 g/mol. The van der Waals surface area contributed by atoms with Gasteiger partial charge in [-0.15, -0.1) is 0 Å². The van der Waals surface area contributed by atoms with E-state index in [1.54, 1.807) is 6.07 Å². The number of rotatable bonds is 1. The molecule has 0 unspecified atom stereocenters. The van der Waals surface area contributed by atoms with Crippen molar-refractivity contribution in [1.82, 2.24) is 0 Å². The van der Waals surface area contributed by atoms with E-state index in [-0.39, 0.29) is 0 Å². The highest BCUT2D eigenvalue weighted by Crippen LogP contribution is 1.99. The SMILES string of the molecule is O=C1N=c2ccc(CBr)cc2=N1. The molecule has 0 aliphatic carbocycles. The molecule has 2 rings (SSSR count). The van der Waals surface area contributed by atoms with Crippen molar-refractivity contribution in [3.05, 3.63) is 34.5 Å². The predicted octanol–water partition coefficient (Wildman–Crippen LogP) is 0.954. The zero-order chi connectivity index (χ0) is 8.55. The smallest absolute Gasteiger partial charge is 0.244 e. The van der Waals surface area contributed by atoms with Gasteiger partial charge in [0.1, 0.15) is 0 Å². The zero-order valence-electron chi connectivity index (χ0n) is 6.12. The van der Waals surface area contributed by atoms with E-state index < -0.39 is 6.03 Å². The summed E-state index contributed by atoms with van der Waals surface area (Å²) < 4.78 is 0. The molecule has 0 saturated carbocycles. The predicted molar refractivity (Wildman–Crippen MR) is 46.8 cm³/mol. The molecule has 1 aromatic carbocycles. The van der Waals surface area contributed by atoms with Crippen LogP contribution in [0.4, 0.5) is 4.79 Å². The minimum absolute atomic E-state index is 0.406. The minimum Gasteiger partial charge on any atom is -0.244 e. The summed E-state index contributed by atoms with van der Waals surface area (Å²) in [5.41, 5.74) is 1.10. The largest absolute Gasteiger partial charge is 0.368 e. The maximum absolute atomic E-state index is 10.8. The number of benzene rings is 1. The molecule has 0 radical (unpaired) electrons. The Bertz CT molecular complexity index is 453. The summed E-state index contributed by atoms with van der Waals surface area (Å²) >= 11 is 3.32. The van der Waals surface area contributed by atoms with Crippen LogP contribution in [0.5, 0.6) is 0 Å². The van der Waals surface area contributed by atoms with Gasteiger partial charge in [0.15, 0.2) is 0 Å². The van der Waals surface area contributed by atoms with Crippen LogP contribution in [-0.2, 0) is 5.33 Å². The highest BCUT2D eigenvalue weighted by atomic mass is 79.9. The second-order valence-electron chi connectivity index (χ2n) is 2.46. The van der Waals surface area contributed by atoms with Gasteiger partial charge in [0.2, 0.25) is 0 Å². The number of urea groups is 1. The Kier molecular flexibility index (Phi) is 1.77. The third-order valence-electron chi connectivity index (χ3n) is 1.63. The van der Waals surface area contributed by atoms with Crippen LogP contribution >= 0.6 is 15.9 Å². The lowest BCUT2D eigenvalue weighted by Gasteiger charge is -1.89. The van der Waals surface area contributed by atoms with Crippen molar-refractivity contribution in [2.75, 3.05) is 0 Å². The fourth-order valence-electron chi connectivity index (χ4n) is 1.07. The van der Waals surface area contributed by atoms with Crippen molar-refractivity contribution in [3.63, 3.8) is 0 Å². The lowest BCUT2D eigenvalue weighted by Crippen LogP contribution is -2.21. The fraction of sp³-hybridized carbons (Fsp3) is 0.125. The minimum atomic E-state index is -0.406. The van der Waals surface area contributed by atoms with E-state index in [9.17, 15) is 4.79 Å². The normalized spacial score (nSPS) is 13.6. The number of hydrogen-bond acceptors (Lipinski definition) is 1. The molecule has 1 heterocycles. The van der Waals surface area contributed by atoms with Gasteiger partial charge < -0.3 is 0 Å². The summed E-state index contributed by atoms with van der Waals surface area (Å²) in [6, 6.07) is 5.18. The van der Waals surface area contributed by atoms with E-state index in [2.05, 4.69) is 25.9 Å². The number of carbonyl (C=O) groups is 1. The second kappa shape index (κ2) is 2.79. The van der Waals surface area contributed by atoms with Crippen LogP contribution in [0.2, 0.25) is 0 Å². The van der Waals surface area contributed by atoms with Gasteiger partial charge in [-0.3, -0.25) is 0 Å². The topological polar surface area (TPSA) is 41.8 Å². The maximum atomic E-state index is 10.8. The molecule has 3 nitrogen and oxygen atoms in total. The lowest BCUT2D eigenvalue weighted by atomic mass is 10.2. The molecule has 1 aromatic rings. The molecule has 60 valence electrons. The first-order chi connectivity index (χ1) is 5.79. The van der Waals surface area contributed by atoms with E-state index in [0.717, 1.165) is 10.9 Å². The number of fused-ring (bicyclic) bond motifs is 1. The molecule has 0 saturated heterocycles. The molecular formula is C8H5BrN2O. The molecule has 0 fully saturated rings. The van der Waals surface area contributed by atoms with Gasteiger partial charge in [-0.2, -0.15) is 9.98 Å². The van der Waals surface area contributed by atoms with Gasteiger partial charge in [0.05, 0.1) is 10.7 Å². The Labute approximate surface area is 77.0 Å². The molecule has 2 amide bonds. The van der Waals surface area contributed by atoms with Crippen molar-refractivity contribution in [3.8, 4) is 0 Å².